The van der Waals surface area contributed by atoms with E-state index in [0.717, 1.165) is 12.0 Å². The van der Waals surface area contributed by atoms with E-state index in [9.17, 15) is 19.5 Å². The number of hydrogen-bond acceptors (Lipinski definition) is 4. The molecule has 0 spiro atoms. The first-order chi connectivity index (χ1) is 17.2. The first-order valence-electron chi connectivity index (χ1n) is 13.1. The molecule has 1 saturated carbocycles. The lowest BCUT2D eigenvalue weighted by Gasteiger charge is -2.30. The Morgan fingerprint density at radius 2 is 1.53 bits per heavy atom. The van der Waals surface area contributed by atoms with Gasteiger partial charge in [-0.05, 0) is 42.2 Å². The van der Waals surface area contributed by atoms with Crippen LogP contribution in [0.4, 0.5) is 0 Å². The summed E-state index contributed by atoms with van der Waals surface area (Å²) in [5.74, 6) is -1.24. The van der Waals surface area contributed by atoms with Crippen LogP contribution in [0.1, 0.15) is 64.0 Å². The molecule has 36 heavy (non-hydrogen) atoms. The average molecular weight is 493 g/mol. The Balaban J connectivity index is 1.60. The van der Waals surface area contributed by atoms with Gasteiger partial charge >= 0.3 is 0 Å². The van der Waals surface area contributed by atoms with Crippen molar-refractivity contribution in [2.45, 2.75) is 77.5 Å². The van der Waals surface area contributed by atoms with Crippen LogP contribution in [0.5, 0.6) is 0 Å². The summed E-state index contributed by atoms with van der Waals surface area (Å²) in [6, 6.07) is 18.2. The number of carbonyl (C=O) groups excluding carboxylic acids is 3. The van der Waals surface area contributed by atoms with Crippen molar-refractivity contribution < 1.29 is 19.5 Å². The van der Waals surface area contributed by atoms with Crippen molar-refractivity contribution in [2.75, 3.05) is 0 Å². The molecular weight excluding hydrogens is 452 g/mol. The van der Waals surface area contributed by atoms with Gasteiger partial charge in [-0.25, -0.2) is 0 Å². The van der Waals surface area contributed by atoms with Crippen LogP contribution in [0.2, 0.25) is 0 Å². The van der Waals surface area contributed by atoms with Gasteiger partial charge in [0.15, 0.2) is 0 Å². The lowest BCUT2D eigenvalue weighted by atomic mass is 9.92. The fourth-order valence-corrected chi connectivity index (χ4v) is 4.86. The number of carbonyl (C=O) groups is 3. The van der Waals surface area contributed by atoms with Crippen molar-refractivity contribution in [2.24, 2.45) is 17.8 Å². The van der Waals surface area contributed by atoms with Crippen LogP contribution < -0.4 is 10.6 Å². The Morgan fingerprint density at radius 3 is 2.11 bits per heavy atom. The van der Waals surface area contributed by atoms with Crippen molar-refractivity contribution in [3.8, 4) is 0 Å². The Labute approximate surface area is 214 Å². The van der Waals surface area contributed by atoms with Crippen LogP contribution in [0.25, 0.3) is 0 Å². The maximum absolute atomic E-state index is 13.3. The van der Waals surface area contributed by atoms with Crippen LogP contribution in [-0.2, 0) is 20.8 Å². The second kappa shape index (κ2) is 12.8. The topological polar surface area (TPSA) is 95.5 Å². The molecule has 0 heterocycles. The van der Waals surface area contributed by atoms with Crippen LogP contribution >= 0.6 is 0 Å². The van der Waals surface area contributed by atoms with E-state index in [2.05, 4.69) is 10.6 Å². The van der Waals surface area contributed by atoms with Gasteiger partial charge in [-0.3, -0.25) is 14.4 Å². The molecule has 0 saturated heterocycles. The zero-order chi connectivity index (χ0) is 26.2. The van der Waals surface area contributed by atoms with E-state index in [0.29, 0.717) is 19.3 Å². The van der Waals surface area contributed by atoms with Gasteiger partial charge in [0.05, 0.1) is 24.0 Å². The van der Waals surface area contributed by atoms with Gasteiger partial charge < -0.3 is 15.7 Å². The molecule has 5 atom stereocenters. The standard InChI is InChI=1S/C30H40N2O4/c1-19(2)18-23(31-24(33)17-11-14-21-12-7-5-8-13-21)30(36)32-27(20(3)4)29(35)26-25(28(26)34)22-15-9-6-10-16-22/h5-10,12-13,15-16,19-20,23,25-27,29,35H,11,14,17-18H2,1-4H3,(H,31,33)(H,32,36)/t23-,25?,26?,27-,29-/m0/s1. The quantitative estimate of drug-likeness (QED) is 0.394. The number of benzene rings is 2. The predicted octanol–water partition coefficient (Wildman–Crippen LogP) is 4.02. The minimum atomic E-state index is -0.993. The molecule has 0 aliphatic heterocycles. The van der Waals surface area contributed by atoms with Gasteiger partial charge in [-0.2, -0.15) is 0 Å². The van der Waals surface area contributed by atoms with Crippen molar-refractivity contribution in [1.82, 2.24) is 10.6 Å². The third kappa shape index (κ3) is 7.50. The number of aryl methyl sites for hydroxylation is 1. The molecule has 1 aliphatic carbocycles. The molecule has 2 aromatic carbocycles. The number of Topliss-reactive ketones (excluding diaryl/α,β-unsaturated/α-hetero) is 1. The van der Waals surface area contributed by atoms with Gasteiger partial charge in [-0.1, -0.05) is 88.4 Å². The third-order valence-corrected chi connectivity index (χ3v) is 6.88. The van der Waals surface area contributed by atoms with E-state index in [1.165, 1.54) is 5.56 Å². The monoisotopic (exact) mass is 492 g/mol. The summed E-state index contributed by atoms with van der Waals surface area (Å²) in [6.07, 6.45) is 1.33. The number of nitrogens with one attached hydrogen (secondary N) is 2. The molecule has 6 heteroatoms. The third-order valence-electron chi connectivity index (χ3n) is 6.88. The Hall–Kier alpha value is -2.99. The number of hydrogen-bond donors (Lipinski definition) is 3. The summed E-state index contributed by atoms with van der Waals surface area (Å²) in [4.78, 5) is 38.5. The van der Waals surface area contributed by atoms with Crippen LogP contribution in [0.15, 0.2) is 60.7 Å². The van der Waals surface area contributed by atoms with Crippen molar-refractivity contribution >= 4 is 17.6 Å². The minimum absolute atomic E-state index is 0.000881. The molecule has 6 nitrogen and oxygen atoms in total. The number of aliphatic hydroxyl groups excluding tert-OH is 1. The second-order valence-electron chi connectivity index (χ2n) is 10.7. The highest BCUT2D eigenvalue weighted by Gasteiger charge is 2.56. The van der Waals surface area contributed by atoms with Crippen LogP contribution in [0.3, 0.4) is 0 Å². The van der Waals surface area contributed by atoms with Crippen molar-refractivity contribution in [3.63, 3.8) is 0 Å². The predicted molar refractivity (Wildman–Crippen MR) is 141 cm³/mol. The number of amides is 2. The molecule has 0 aromatic heterocycles. The first kappa shape index (κ1) is 27.6. The highest BCUT2D eigenvalue weighted by Crippen LogP contribution is 2.46. The molecule has 2 amide bonds. The van der Waals surface area contributed by atoms with E-state index in [1.807, 2.05) is 88.4 Å². The summed E-state index contributed by atoms with van der Waals surface area (Å²) in [7, 11) is 0. The Kier molecular flexibility index (Phi) is 9.82. The van der Waals surface area contributed by atoms with Crippen LogP contribution in [0, 0.1) is 17.8 Å². The maximum atomic E-state index is 13.3. The van der Waals surface area contributed by atoms with E-state index >= 15 is 0 Å². The molecule has 194 valence electrons. The molecule has 0 bridgehead atoms. The van der Waals surface area contributed by atoms with E-state index in [-0.39, 0.29) is 35.4 Å². The normalized spacial score (nSPS) is 19.6. The molecule has 1 aliphatic rings. The summed E-state index contributed by atoms with van der Waals surface area (Å²) in [5.41, 5.74) is 2.07. The molecule has 3 N–H and O–H groups in total. The highest BCUT2D eigenvalue weighted by molar-refractivity contribution is 6.05. The van der Waals surface area contributed by atoms with Crippen LogP contribution in [-0.4, -0.2) is 40.9 Å². The molecular formula is C30H40N2O4. The molecule has 2 unspecified atom stereocenters. The van der Waals surface area contributed by atoms with Crippen molar-refractivity contribution in [1.29, 1.82) is 0 Å². The first-order valence-corrected chi connectivity index (χ1v) is 13.1. The SMILES string of the molecule is CC(C)C[C@H](NC(=O)CCCc1ccccc1)C(=O)N[C@@H](C(C)C)[C@@H](O)C1C(=O)C1c1ccccc1. The van der Waals surface area contributed by atoms with Crippen molar-refractivity contribution in [3.05, 3.63) is 71.8 Å². The Morgan fingerprint density at radius 1 is 0.917 bits per heavy atom. The molecule has 2 aromatic rings. The number of rotatable bonds is 13. The fourth-order valence-electron chi connectivity index (χ4n) is 4.86. The molecule has 0 radical (unpaired) electrons. The van der Waals surface area contributed by atoms with Gasteiger partial charge in [0, 0.05) is 6.42 Å². The van der Waals surface area contributed by atoms with Gasteiger partial charge in [-0.15, -0.1) is 0 Å². The summed E-state index contributed by atoms with van der Waals surface area (Å²) in [5, 5.41) is 17.0. The number of aliphatic hydroxyl groups is 1. The summed E-state index contributed by atoms with van der Waals surface area (Å²) >= 11 is 0. The minimum Gasteiger partial charge on any atom is -0.390 e. The second-order valence-corrected chi connectivity index (χ2v) is 10.7. The summed E-state index contributed by atoms with van der Waals surface area (Å²) in [6.45, 7) is 7.84. The Bertz CT molecular complexity index is 1010. The van der Waals surface area contributed by atoms with Gasteiger partial charge in [0.25, 0.3) is 0 Å². The van der Waals surface area contributed by atoms with E-state index in [4.69, 9.17) is 0 Å². The van der Waals surface area contributed by atoms with Gasteiger partial charge in [0.2, 0.25) is 11.8 Å². The number of ketones is 1. The molecule has 3 rings (SSSR count). The fraction of sp³-hybridized carbons (Fsp3) is 0.500. The maximum Gasteiger partial charge on any atom is 0.242 e. The van der Waals surface area contributed by atoms with Gasteiger partial charge in [0.1, 0.15) is 11.8 Å². The molecule has 1 fully saturated rings. The van der Waals surface area contributed by atoms with E-state index in [1.54, 1.807) is 0 Å². The zero-order valence-corrected chi connectivity index (χ0v) is 21.8. The highest BCUT2D eigenvalue weighted by atomic mass is 16.3. The smallest absolute Gasteiger partial charge is 0.242 e. The lowest BCUT2D eigenvalue weighted by Crippen LogP contribution is -2.55. The van der Waals surface area contributed by atoms with E-state index < -0.39 is 24.1 Å². The largest absolute Gasteiger partial charge is 0.390 e. The average Bonchev–Trinajstić information content (AvgIpc) is 3.53. The zero-order valence-electron chi connectivity index (χ0n) is 21.8. The summed E-state index contributed by atoms with van der Waals surface area (Å²) < 4.78 is 0. The lowest BCUT2D eigenvalue weighted by molar-refractivity contribution is -0.131.